The summed E-state index contributed by atoms with van der Waals surface area (Å²) in [5.74, 6) is 0.353. The number of halogens is 1. The van der Waals surface area contributed by atoms with Crippen LogP contribution in [-0.2, 0) is 18.4 Å². The fourth-order valence-corrected chi connectivity index (χ4v) is 2.69. The molecule has 1 heterocycles. The van der Waals surface area contributed by atoms with Gasteiger partial charge in [-0.1, -0.05) is 18.2 Å². The first kappa shape index (κ1) is 15.7. The minimum Gasteiger partial charge on any atom is -0.310 e. The Balaban J connectivity index is 1.64. The third-order valence-corrected chi connectivity index (χ3v) is 4.01. The lowest BCUT2D eigenvalue weighted by Crippen LogP contribution is -2.35. The Hall–Kier alpha value is -2.21. The smallest absolute Gasteiger partial charge is 0.239 e. The predicted octanol–water partition coefficient (Wildman–Crippen LogP) is 2.47. The zero-order chi connectivity index (χ0) is 16.4. The van der Waals surface area contributed by atoms with Crippen molar-refractivity contribution in [2.45, 2.75) is 32.4 Å². The third kappa shape index (κ3) is 3.96. The first-order valence-electron chi connectivity index (χ1n) is 7.81. The number of hydrogen-bond donors (Lipinski definition) is 1. The lowest BCUT2D eigenvalue weighted by atomic mass is 10.2. The molecule has 1 aromatic heterocycles. The van der Waals surface area contributed by atoms with Crippen LogP contribution >= 0.6 is 0 Å². The van der Waals surface area contributed by atoms with Gasteiger partial charge in [-0.3, -0.25) is 14.4 Å². The Kier molecular flexibility index (Phi) is 4.43. The SMILES string of the molecule is Cc1cc(NC(=O)CN(Cc2ccccc2F)C2CC2)n(C)n1. The van der Waals surface area contributed by atoms with Crippen LogP contribution in [-0.4, -0.2) is 33.2 Å². The van der Waals surface area contributed by atoms with Gasteiger partial charge < -0.3 is 5.32 Å². The number of benzene rings is 1. The molecule has 1 N–H and O–H groups in total. The van der Waals surface area contributed by atoms with Crippen molar-refractivity contribution < 1.29 is 9.18 Å². The standard InChI is InChI=1S/C17H21FN4O/c1-12-9-16(21(2)20-12)19-17(23)11-22(14-7-8-14)10-13-5-3-4-6-15(13)18/h3-6,9,14H,7-8,10-11H2,1-2H3,(H,19,23). The molecule has 1 aliphatic rings. The average molecular weight is 316 g/mol. The van der Waals surface area contributed by atoms with Crippen LogP contribution in [0.2, 0.25) is 0 Å². The van der Waals surface area contributed by atoms with Crippen LogP contribution in [0.5, 0.6) is 0 Å². The highest BCUT2D eigenvalue weighted by Gasteiger charge is 2.30. The number of nitrogens with one attached hydrogen (secondary N) is 1. The van der Waals surface area contributed by atoms with E-state index in [9.17, 15) is 9.18 Å². The van der Waals surface area contributed by atoms with Crippen LogP contribution in [0.15, 0.2) is 30.3 Å². The molecule has 5 nitrogen and oxygen atoms in total. The molecule has 1 saturated carbocycles. The molecule has 1 amide bonds. The van der Waals surface area contributed by atoms with Gasteiger partial charge in [0.05, 0.1) is 12.2 Å². The normalized spacial score (nSPS) is 14.3. The molecule has 2 aromatic rings. The van der Waals surface area contributed by atoms with Gasteiger partial charge in [0.1, 0.15) is 11.6 Å². The van der Waals surface area contributed by atoms with Gasteiger partial charge >= 0.3 is 0 Å². The van der Waals surface area contributed by atoms with Crippen LogP contribution in [0.4, 0.5) is 10.2 Å². The second kappa shape index (κ2) is 6.50. The summed E-state index contributed by atoms with van der Waals surface area (Å²) in [4.78, 5) is 14.3. The molecule has 0 atom stereocenters. The van der Waals surface area contributed by atoms with E-state index >= 15 is 0 Å². The number of amides is 1. The molecule has 1 aromatic carbocycles. The van der Waals surface area contributed by atoms with E-state index in [-0.39, 0.29) is 18.3 Å². The van der Waals surface area contributed by atoms with Gasteiger partial charge in [0.2, 0.25) is 5.91 Å². The van der Waals surface area contributed by atoms with Crippen molar-refractivity contribution in [1.82, 2.24) is 14.7 Å². The summed E-state index contributed by atoms with van der Waals surface area (Å²) >= 11 is 0. The lowest BCUT2D eigenvalue weighted by Gasteiger charge is -2.21. The average Bonchev–Trinajstić information content (AvgIpc) is 3.28. The first-order chi connectivity index (χ1) is 11.0. The number of aryl methyl sites for hydroxylation is 2. The number of aromatic nitrogens is 2. The topological polar surface area (TPSA) is 50.2 Å². The number of hydrogen-bond acceptors (Lipinski definition) is 3. The second-order valence-electron chi connectivity index (χ2n) is 6.07. The monoisotopic (exact) mass is 316 g/mol. The number of carbonyl (C=O) groups is 1. The van der Waals surface area contributed by atoms with Gasteiger partial charge in [0.15, 0.2) is 0 Å². The molecule has 0 aliphatic heterocycles. The summed E-state index contributed by atoms with van der Waals surface area (Å²) in [6.45, 7) is 2.59. The zero-order valence-electron chi connectivity index (χ0n) is 13.4. The maximum atomic E-state index is 13.8. The van der Waals surface area contributed by atoms with Crippen molar-refractivity contribution in [3.63, 3.8) is 0 Å². The van der Waals surface area contributed by atoms with Crippen LogP contribution in [0.25, 0.3) is 0 Å². The zero-order valence-corrected chi connectivity index (χ0v) is 13.4. The lowest BCUT2D eigenvalue weighted by molar-refractivity contribution is -0.117. The molecule has 0 unspecified atom stereocenters. The molecule has 3 rings (SSSR count). The molecule has 0 radical (unpaired) electrons. The number of carbonyl (C=O) groups excluding carboxylic acids is 1. The molecule has 23 heavy (non-hydrogen) atoms. The highest BCUT2D eigenvalue weighted by Crippen LogP contribution is 2.28. The fourth-order valence-electron chi connectivity index (χ4n) is 2.69. The summed E-state index contributed by atoms with van der Waals surface area (Å²) in [6, 6.07) is 8.93. The van der Waals surface area contributed by atoms with Crippen molar-refractivity contribution in [3.8, 4) is 0 Å². The molecule has 0 saturated heterocycles. The first-order valence-corrected chi connectivity index (χ1v) is 7.81. The number of rotatable bonds is 6. The highest BCUT2D eigenvalue weighted by molar-refractivity contribution is 5.91. The fraction of sp³-hybridized carbons (Fsp3) is 0.412. The molecule has 1 aliphatic carbocycles. The van der Waals surface area contributed by atoms with Gasteiger partial charge in [-0.2, -0.15) is 5.10 Å². The van der Waals surface area contributed by atoms with Crippen molar-refractivity contribution in [3.05, 3.63) is 47.4 Å². The van der Waals surface area contributed by atoms with Gasteiger partial charge in [-0.15, -0.1) is 0 Å². The van der Waals surface area contributed by atoms with Crippen molar-refractivity contribution in [2.75, 3.05) is 11.9 Å². The Morgan fingerprint density at radius 3 is 2.78 bits per heavy atom. The Morgan fingerprint density at radius 2 is 2.17 bits per heavy atom. The van der Waals surface area contributed by atoms with E-state index in [2.05, 4.69) is 10.4 Å². The number of nitrogens with zero attached hydrogens (tertiary/aromatic N) is 3. The van der Waals surface area contributed by atoms with Crippen molar-refractivity contribution >= 4 is 11.7 Å². The second-order valence-corrected chi connectivity index (χ2v) is 6.07. The number of anilines is 1. The minimum absolute atomic E-state index is 0.101. The Morgan fingerprint density at radius 1 is 1.43 bits per heavy atom. The maximum Gasteiger partial charge on any atom is 0.239 e. The Labute approximate surface area is 135 Å². The van der Waals surface area contributed by atoms with Crippen LogP contribution < -0.4 is 5.32 Å². The summed E-state index contributed by atoms with van der Waals surface area (Å²) in [6.07, 6.45) is 2.12. The van der Waals surface area contributed by atoms with Crippen molar-refractivity contribution in [1.29, 1.82) is 0 Å². The molecule has 6 heteroatoms. The third-order valence-electron chi connectivity index (χ3n) is 4.01. The maximum absolute atomic E-state index is 13.8. The quantitative estimate of drug-likeness (QED) is 0.891. The predicted molar refractivity (Wildman–Crippen MR) is 86.4 cm³/mol. The molecular weight excluding hydrogens is 295 g/mol. The van der Waals surface area contributed by atoms with E-state index < -0.39 is 0 Å². The Bertz CT molecular complexity index is 708. The van der Waals surface area contributed by atoms with E-state index in [1.165, 1.54) is 6.07 Å². The molecule has 122 valence electrons. The molecule has 1 fully saturated rings. The summed E-state index contributed by atoms with van der Waals surface area (Å²) in [5, 5.41) is 7.08. The van der Waals surface area contributed by atoms with E-state index in [1.807, 2.05) is 24.0 Å². The van der Waals surface area contributed by atoms with Crippen LogP contribution in [0.3, 0.4) is 0 Å². The van der Waals surface area contributed by atoms with E-state index in [0.29, 0.717) is 24.0 Å². The van der Waals surface area contributed by atoms with Crippen molar-refractivity contribution in [2.24, 2.45) is 7.05 Å². The summed E-state index contributed by atoms with van der Waals surface area (Å²) in [5.41, 5.74) is 1.48. The van der Waals surface area contributed by atoms with Crippen LogP contribution in [0.1, 0.15) is 24.1 Å². The van der Waals surface area contributed by atoms with Gasteiger partial charge in [0, 0.05) is 31.3 Å². The highest BCUT2D eigenvalue weighted by atomic mass is 19.1. The van der Waals surface area contributed by atoms with Gasteiger partial charge in [0.25, 0.3) is 0 Å². The summed E-state index contributed by atoms with van der Waals surface area (Å²) in [7, 11) is 1.79. The minimum atomic E-state index is -0.221. The largest absolute Gasteiger partial charge is 0.310 e. The van der Waals surface area contributed by atoms with E-state index in [1.54, 1.807) is 23.9 Å². The molecule has 0 bridgehead atoms. The van der Waals surface area contributed by atoms with E-state index in [0.717, 1.165) is 18.5 Å². The van der Waals surface area contributed by atoms with Gasteiger partial charge in [-0.25, -0.2) is 4.39 Å². The molecule has 0 spiro atoms. The van der Waals surface area contributed by atoms with Crippen LogP contribution in [0, 0.1) is 12.7 Å². The van der Waals surface area contributed by atoms with E-state index in [4.69, 9.17) is 0 Å². The summed E-state index contributed by atoms with van der Waals surface area (Å²) < 4.78 is 15.5. The molecular formula is C17H21FN4O. The van der Waals surface area contributed by atoms with Gasteiger partial charge in [-0.05, 0) is 25.8 Å².